The van der Waals surface area contributed by atoms with Crippen LogP contribution in [0, 0.1) is 0 Å². The van der Waals surface area contributed by atoms with E-state index in [1.165, 1.54) is 5.57 Å². The summed E-state index contributed by atoms with van der Waals surface area (Å²) in [4.78, 5) is 0. The molecule has 1 saturated carbocycles. The molecule has 1 fully saturated rings. The molecule has 1 aliphatic carbocycles. The fourth-order valence-corrected chi connectivity index (χ4v) is 4.89. The summed E-state index contributed by atoms with van der Waals surface area (Å²) in [6.07, 6.45) is 5.28. The van der Waals surface area contributed by atoms with Gasteiger partial charge in [0, 0.05) is 11.6 Å². The van der Waals surface area contributed by atoms with Crippen LogP contribution in [-0.4, -0.2) is 10.7 Å². The average Bonchev–Trinajstić information content (AvgIpc) is 3.39. The largest absolute Gasteiger partial charge is 0.542 e. The second-order valence-corrected chi connectivity index (χ2v) is 8.30. The van der Waals surface area contributed by atoms with Crippen molar-refractivity contribution in [3.63, 3.8) is 0 Å². The molecule has 2 heterocycles. The number of azo groups is 2. The molecule has 0 spiro atoms. The molecule has 3 aliphatic rings. The quantitative estimate of drug-likeness (QED) is 0.444. The standard InChI is InChI=1S/C27H22N2O2/c30-26-25(21-16-14-20(15-17-21)19-8-3-1-4-9-19)29-27(31-26,23-11-5-2-6-12-23)18-22-10-7-13-24(22)28-29/h1-6,8-9,11-12,14-18,24H,7,10,13H2/t24-,27-/m1/s1. The number of benzene rings is 3. The van der Waals surface area contributed by atoms with Crippen LogP contribution < -0.4 is 5.11 Å². The smallest absolute Gasteiger partial charge is 0.302 e. The predicted octanol–water partition coefficient (Wildman–Crippen LogP) is 5.18. The average molecular weight is 406 g/mol. The summed E-state index contributed by atoms with van der Waals surface area (Å²) in [6, 6.07) is 28.4. The van der Waals surface area contributed by atoms with Crippen molar-refractivity contribution in [2.75, 3.05) is 0 Å². The number of nitrogens with zero attached hydrogens (tertiary/aromatic N) is 2. The summed E-state index contributed by atoms with van der Waals surface area (Å²) in [5.41, 5.74) is 4.77. The highest BCUT2D eigenvalue weighted by Gasteiger charge is 2.53. The van der Waals surface area contributed by atoms with Crippen molar-refractivity contribution in [1.29, 1.82) is 0 Å². The first-order valence-corrected chi connectivity index (χ1v) is 10.8. The maximum atomic E-state index is 13.2. The van der Waals surface area contributed by atoms with Gasteiger partial charge in [0.25, 0.3) is 5.70 Å². The van der Waals surface area contributed by atoms with Crippen LogP contribution >= 0.6 is 0 Å². The first-order valence-electron chi connectivity index (χ1n) is 10.8. The second kappa shape index (κ2) is 6.95. The van der Waals surface area contributed by atoms with Crippen molar-refractivity contribution in [2.24, 2.45) is 5.11 Å². The summed E-state index contributed by atoms with van der Waals surface area (Å²) >= 11 is 0. The Kier molecular flexibility index (Phi) is 4.06. The summed E-state index contributed by atoms with van der Waals surface area (Å²) in [6.45, 7) is 0. The zero-order chi connectivity index (χ0) is 20.8. The Balaban J connectivity index is 1.45. The van der Waals surface area contributed by atoms with Gasteiger partial charge in [-0.2, -0.15) is 0 Å². The predicted molar refractivity (Wildman–Crippen MR) is 116 cm³/mol. The second-order valence-electron chi connectivity index (χ2n) is 8.30. The molecular formula is C27H22N2O2. The minimum Gasteiger partial charge on any atom is -0.542 e. The van der Waals surface area contributed by atoms with E-state index in [1.807, 2.05) is 77.5 Å². The Morgan fingerprint density at radius 3 is 2.23 bits per heavy atom. The van der Waals surface area contributed by atoms with Gasteiger partial charge in [-0.05, 0) is 53.2 Å². The normalized spacial score (nSPS) is 24.2. The monoisotopic (exact) mass is 406 g/mol. The maximum absolute atomic E-state index is 13.2. The van der Waals surface area contributed by atoms with Crippen LogP contribution in [0.4, 0.5) is 0 Å². The molecular weight excluding hydrogens is 384 g/mol. The Morgan fingerprint density at radius 1 is 0.839 bits per heavy atom. The van der Waals surface area contributed by atoms with E-state index in [-0.39, 0.29) is 12.0 Å². The number of rotatable bonds is 3. The van der Waals surface area contributed by atoms with E-state index in [0.29, 0.717) is 5.70 Å². The van der Waals surface area contributed by atoms with Crippen molar-refractivity contribution < 1.29 is 14.5 Å². The maximum Gasteiger partial charge on any atom is 0.302 e. The third-order valence-corrected chi connectivity index (χ3v) is 6.43. The van der Waals surface area contributed by atoms with Crippen molar-refractivity contribution in [3.05, 3.63) is 114 Å². The van der Waals surface area contributed by atoms with E-state index in [1.54, 1.807) is 0 Å². The van der Waals surface area contributed by atoms with Gasteiger partial charge in [0.1, 0.15) is 12.0 Å². The third-order valence-electron chi connectivity index (χ3n) is 6.43. The first-order chi connectivity index (χ1) is 15.2. The lowest BCUT2D eigenvalue weighted by atomic mass is 9.95. The van der Waals surface area contributed by atoms with E-state index in [9.17, 15) is 5.11 Å². The van der Waals surface area contributed by atoms with Gasteiger partial charge < -0.3 is 9.84 Å². The molecule has 0 amide bonds. The minimum absolute atomic E-state index is 0.130. The molecule has 31 heavy (non-hydrogen) atoms. The molecule has 152 valence electrons. The van der Waals surface area contributed by atoms with Crippen LogP contribution in [0.2, 0.25) is 0 Å². The lowest BCUT2D eigenvalue weighted by Gasteiger charge is -2.30. The van der Waals surface area contributed by atoms with Gasteiger partial charge in [0.15, 0.2) is 0 Å². The van der Waals surface area contributed by atoms with Gasteiger partial charge >= 0.3 is 5.72 Å². The number of fused-ring (bicyclic) bond motifs is 2. The number of ether oxygens (including phenoxy) is 1. The molecule has 3 aromatic rings. The molecule has 3 aromatic carbocycles. The molecule has 2 aliphatic heterocycles. The summed E-state index contributed by atoms with van der Waals surface area (Å²) in [5, 5.41) is 18.2. The van der Waals surface area contributed by atoms with Crippen molar-refractivity contribution in [2.45, 2.75) is 31.0 Å². The van der Waals surface area contributed by atoms with Crippen LogP contribution in [0.3, 0.4) is 0 Å². The molecule has 6 rings (SSSR count). The van der Waals surface area contributed by atoms with Crippen LogP contribution in [-0.2, 0) is 10.5 Å². The van der Waals surface area contributed by atoms with E-state index in [4.69, 9.17) is 9.85 Å². The van der Waals surface area contributed by atoms with E-state index in [2.05, 4.69) is 18.2 Å². The zero-order valence-electron chi connectivity index (χ0n) is 17.1. The SMILES string of the molecule is [O-]C1=C(c2ccc(-c3ccccc3)cc2)[N+]2=N[C@@H]3CCCC3=C[C@]2(c2ccccc2)O1. The van der Waals surface area contributed by atoms with Gasteiger partial charge in [-0.15, -0.1) is 0 Å². The van der Waals surface area contributed by atoms with Gasteiger partial charge in [0.2, 0.25) is 0 Å². The molecule has 0 N–H and O–H groups in total. The molecule has 0 unspecified atom stereocenters. The Labute approximate surface area is 181 Å². The highest BCUT2D eigenvalue weighted by atomic mass is 16.6. The molecule has 0 saturated heterocycles. The van der Waals surface area contributed by atoms with Crippen molar-refractivity contribution >= 4 is 5.70 Å². The van der Waals surface area contributed by atoms with Gasteiger partial charge in [0.05, 0.1) is 5.56 Å². The van der Waals surface area contributed by atoms with E-state index < -0.39 is 5.72 Å². The van der Waals surface area contributed by atoms with Crippen molar-refractivity contribution in [3.8, 4) is 11.1 Å². The first kappa shape index (κ1) is 18.1. The van der Waals surface area contributed by atoms with Gasteiger partial charge in [-0.1, -0.05) is 77.5 Å². The number of hydrogen-bond donors (Lipinski definition) is 0. The third kappa shape index (κ3) is 2.82. The highest BCUT2D eigenvalue weighted by molar-refractivity contribution is 5.68. The van der Waals surface area contributed by atoms with Gasteiger partial charge in [-0.25, -0.2) is 0 Å². The molecule has 0 radical (unpaired) electrons. The summed E-state index contributed by atoms with van der Waals surface area (Å²) < 4.78 is 7.94. The molecule has 4 heteroatoms. The van der Waals surface area contributed by atoms with Crippen LogP contribution in [0.1, 0.15) is 30.4 Å². The lowest BCUT2D eigenvalue weighted by molar-refractivity contribution is -0.627. The van der Waals surface area contributed by atoms with E-state index >= 15 is 0 Å². The summed E-state index contributed by atoms with van der Waals surface area (Å²) in [7, 11) is 0. The van der Waals surface area contributed by atoms with Crippen LogP contribution in [0.25, 0.3) is 16.8 Å². The van der Waals surface area contributed by atoms with Crippen molar-refractivity contribution in [1.82, 2.24) is 0 Å². The van der Waals surface area contributed by atoms with Gasteiger partial charge in [-0.3, -0.25) is 0 Å². The van der Waals surface area contributed by atoms with Crippen LogP contribution in [0.15, 0.2) is 108 Å². The minimum atomic E-state index is -0.998. The number of hydrogen-bond acceptors (Lipinski definition) is 3. The fourth-order valence-electron chi connectivity index (χ4n) is 4.89. The Bertz CT molecular complexity index is 1230. The molecule has 0 aromatic heterocycles. The topological polar surface area (TPSA) is 47.7 Å². The van der Waals surface area contributed by atoms with Crippen LogP contribution in [0.5, 0.6) is 0 Å². The lowest BCUT2D eigenvalue weighted by Crippen LogP contribution is -2.38. The van der Waals surface area contributed by atoms with E-state index in [0.717, 1.165) is 41.5 Å². The molecule has 4 nitrogen and oxygen atoms in total. The molecule has 2 atom stereocenters. The Hall–Kier alpha value is -3.66. The summed E-state index contributed by atoms with van der Waals surface area (Å²) in [5.74, 6) is -0.336. The zero-order valence-corrected chi connectivity index (χ0v) is 17.1. The fraction of sp³-hybridized carbons (Fsp3) is 0.185. The molecule has 0 bridgehead atoms. The Morgan fingerprint density at radius 2 is 1.48 bits per heavy atom. The highest BCUT2D eigenvalue weighted by Crippen LogP contribution is 2.48.